The van der Waals surface area contributed by atoms with Crippen molar-refractivity contribution in [1.82, 2.24) is 9.97 Å². The van der Waals surface area contributed by atoms with Gasteiger partial charge < -0.3 is 5.11 Å². The number of rotatable bonds is 2. The minimum Gasteiger partial charge on any atom is -0.386 e. The lowest BCUT2D eigenvalue weighted by molar-refractivity contribution is 0.130. The molecule has 2 unspecified atom stereocenters. The number of hydrogen-bond acceptors (Lipinski definition) is 3. The Hall–Kier alpha value is -1.74. The summed E-state index contributed by atoms with van der Waals surface area (Å²) < 4.78 is 0. The van der Waals surface area contributed by atoms with Gasteiger partial charge in [0.25, 0.3) is 0 Å². The molecule has 1 aliphatic carbocycles. The van der Waals surface area contributed by atoms with Crippen molar-refractivity contribution in [1.29, 1.82) is 0 Å². The largest absolute Gasteiger partial charge is 0.386 e. The third kappa shape index (κ3) is 1.41. The van der Waals surface area contributed by atoms with Crippen LogP contribution >= 0.6 is 0 Å². The average molecular weight is 212 g/mol. The first-order chi connectivity index (χ1) is 7.86. The van der Waals surface area contributed by atoms with Crippen LogP contribution in [0.1, 0.15) is 28.8 Å². The molecule has 0 bridgehead atoms. The Morgan fingerprint density at radius 1 is 1.25 bits per heavy atom. The molecule has 1 aromatic carbocycles. The van der Waals surface area contributed by atoms with Gasteiger partial charge in [-0.1, -0.05) is 24.3 Å². The number of benzene rings is 1. The van der Waals surface area contributed by atoms with Crippen molar-refractivity contribution in [3.05, 3.63) is 59.7 Å². The van der Waals surface area contributed by atoms with Gasteiger partial charge >= 0.3 is 0 Å². The second-order valence-electron chi connectivity index (χ2n) is 4.08. The van der Waals surface area contributed by atoms with Gasteiger partial charge in [0, 0.05) is 18.3 Å². The number of hydrogen-bond donors (Lipinski definition) is 1. The molecule has 0 aliphatic heterocycles. The van der Waals surface area contributed by atoms with Crippen molar-refractivity contribution in [2.75, 3.05) is 0 Å². The third-order valence-corrected chi connectivity index (χ3v) is 3.16. The van der Waals surface area contributed by atoms with Crippen LogP contribution in [-0.2, 0) is 6.42 Å². The van der Waals surface area contributed by atoms with Crippen molar-refractivity contribution >= 4 is 0 Å². The highest BCUT2D eigenvalue weighted by Crippen LogP contribution is 2.42. The number of aliphatic hydroxyl groups is 1. The number of aliphatic hydroxyl groups excluding tert-OH is 1. The van der Waals surface area contributed by atoms with Crippen LogP contribution in [0.5, 0.6) is 0 Å². The monoisotopic (exact) mass is 212 g/mol. The first-order valence-corrected chi connectivity index (χ1v) is 5.38. The van der Waals surface area contributed by atoms with Gasteiger partial charge in [-0.25, -0.2) is 0 Å². The summed E-state index contributed by atoms with van der Waals surface area (Å²) in [7, 11) is 0. The molecule has 0 saturated carbocycles. The summed E-state index contributed by atoms with van der Waals surface area (Å²) in [6, 6.07) is 8.22. The van der Waals surface area contributed by atoms with Gasteiger partial charge in [-0.05, 0) is 17.5 Å². The van der Waals surface area contributed by atoms with E-state index in [1.807, 2.05) is 12.1 Å². The van der Waals surface area contributed by atoms with Crippen molar-refractivity contribution in [3.8, 4) is 0 Å². The topological polar surface area (TPSA) is 46.0 Å². The highest BCUT2D eigenvalue weighted by Gasteiger charge is 2.33. The van der Waals surface area contributed by atoms with Gasteiger partial charge in [-0.2, -0.15) is 0 Å². The molecule has 3 rings (SSSR count). The van der Waals surface area contributed by atoms with E-state index in [9.17, 15) is 5.11 Å². The van der Waals surface area contributed by atoms with Crippen molar-refractivity contribution in [2.45, 2.75) is 18.4 Å². The quantitative estimate of drug-likeness (QED) is 0.826. The molecule has 3 nitrogen and oxygen atoms in total. The molecule has 16 heavy (non-hydrogen) atoms. The fraction of sp³-hybridized carbons (Fsp3) is 0.231. The van der Waals surface area contributed by atoms with Gasteiger partial charge in [0.1, 0.15) is 6.10 Å². The molecule has 0 spiro atoms. The molecule has 1 aromatic heterocycles. The SMILES string of the molecule is OC(c1cnccn1)C1Cc2ccccc21. The molecule has 1 heterocycles. The summed E-state index contributed by atoms with van der Waals surface area (Å²) in [5.74, 6) is 0.174. The lowest BCUT2D eigenvalue weighted by Crippen LogP contribution is -2.24. The zero-order valence-electron chi connectivity index (χ0n) is 8.74. The standard InChI is InChI=1S/C13H12N2O/c16-13(12-8-14-5-6-15-12)11-7-9-3-1-2-4-10(9)11/h1-6,8,11,13,16H,7H2. The summed E-state index contributed by atoms with van der Waals surface area (Å²) in [6.45, 7) is 0. The van der Waals surface area contributed by atoms with E-state index in [-0.39, 0.29) is 5.92 Å². The molecular formula is C13H12N2O. The lowest BCUT2D eigenvalue weighted by Gasteiger charge is -2.33. The summed E-state index contributed by atoms with van der Waals surface area (Å²) in [5, 5.41) is 10.2. The minimum absolute atomic E-state index is 0.174. The van der Waals surface area contributed by atoms with E-state index in [1.165, 1.54) is 11.1 Å². The van der Waals surface area contributed by atoms with Crippen molar-refractivity contribution in [3.63, 3.8) is 0 Å². The van der Waals surface area contributed by atoms with Crippen LogP contribution in [0.4, 0.5) is 0 Å². The highest BCUT2D eigenvalue weighted by atomic mass is 16.3. The minimum atomic E-state index is -0.538. The molecule has 1 N–H and O–H groups in total. The second-order valence-corrected chi connectivity index (χ2v) is 4.08. The van der Waals surface area contributed by atoms with Crippen molar-refractivity contribution < 1.29 is 5.11 Å². The maximum absolute atomic E-state index is 10.2. The van der Waals surface area contributed by atoms with Crippen LogP contribution in [0.15, 0.2) is 42.9 Å². The fourth-order valence-electron chi connectivity index (χ4n) is 2.25. The molecule has 1 aliphatic rings. The lowest BCUT2D eigenvalue weighted by atomic mass is 9.74. The molecule has 0 fully saturated rings. The molecule has 0 radical (unpaired) electrons. The highest BCUT2D eigenvalue weighted by molar-refractivity contribution is 5.41. The van der Waals surface area contributed by atoms with Crippen molar-refractivity contribution in [2.24, 2.45) is 0 Å². The van der Waals surface area contributed by atoms with E-state index in [4.69, 9.17) is 0 Å². The number of aromatic nitrogens is 2. The summed E-state index contributed by atoms with van der Waals surface area (Å²) in [5.41, 5.74) is 3.22. The van der Waals surface area contributed by atoms with Gasteiger partial charge in [0.2, 0.25) is 0 Å². The second kappa shape index (κ2) is 3.68. The van der Waals surface area contributed by atoms with Gasteiger partial charge in [0.15, 0.2) is 0 Å². The summed E-state index contributed by atoms with van der Waals surface area (Å²) in [4.78, 5) is 8.12. The first kappa shape index (κ1) is 9.48. The van der Waals surface area contributed by atoms with Gasteiger partial charge in [-0.3, -0.25) is 9.97 Å². The molecule has 0 amide bonds. The van der Waals surface area contributed by atoms with Crippen LogP contribution in [0.3, 0.4) is 0 Å². The Morgan fingerprint density at radius 3 is 2.88 bits per heavy atom. The molecule has 2 atom stereocenters. The van der Waals surface area contributed by atoms with E-state index < -0.39 is 6.10 Å². The predicted molar refractivity (Wildman–Crippen MR) is 59.9 cm³/mol. The molecule has 80 valence electrons. The third-order valence-electron chi connectivity index (χ3n) is 3.16. The summed E-state index contributed by atoms with van der Waals surface area (Å²) in [6.07, 6.45) is 5.25. The maximum atomic E-state index is 10.2. The van der Waals surface area contributed by atoms with E-state index >= 15 is 0 Å². The van der Waals surface area contributed by atoms with Crippen LogP contribution in [-0.4, -0.2) is 15.1 Å². The molecule has 0 saturated heterocycles. The van der Waals surface area contributed by atoms with Gasteiger partial charge in [0.05, 0.1) is 11.9 Å². The Labute approximate surface area is 93.8 Å². The predicted octanol–water partition coefficient (Wildman–Crippen LogP) is 1.85. The maximum Gasteiger partial charge on any atom is 0.105 e. The average Bonchev–Trinajstić information content (AvgIpc) is 2.32. The van der Waals surface area contributed by atoms with Gasteiger partial charge in [-0.15, -0.1) is 0 Å². The van der Waals surface area contributed by atoms with Crippen LogP contribution in [0.25, 0.3) is 0 Å². The van der Waals surface area contributed by atoms with E-state index in [0.29, 0.717) is 5.69 Å². The van der Waals surface area contributed by atoms with E-state index in [2.05, 4.69) is 22.1 Å². The number of fused-ring (bicyclic) bond motifs is 1. The van der Waals surface area contributed by atoms with Crippen LogP contribution < -0.4 is 0 Å². The molecule has 2 aromatic rings. The summed E-state index contributed by atoms with van der Waals surface area (Å²) >= 11 is 0. The van der Waals surface area contributed by atoms with Crippen LogP contribution in [0, 0.1) is 0 Å². The Bertz CT molecular complexity index is 498. The zero-order chi connectivity index (χ0) is 11.0. The fourth-order valence-corrected chi connectivity index (χ4v) is 2.25. The van der Waals surface area contributed by atoms with Crippen LogP contribution in [0.2, 0.25) is 0 Å². The Morgan fingerprint density at radius 2 is 2.12 bits per heavy atom. The normalized spacial score (nSPS) is 19.7. The molecule has 3 heteroatoms. The molecular weight excluding hydrogens is 200 g/mol. The Kier molecular flexibility index (Phi) is 2.18. The Balaban J connectivity index is 1.87. The van der Waals surface area contributed by atoms with E-state index in [0.717, 1.165) is 6.42 Å². The zero-order valence-corrected chi connectivity index (χ0v) is 8.74. The number of nitrogens with zero attached hydrogens (tertiary/aromatic N) is 2. The van der Waals surface area contributed by atoms with E-state index in [1.54, 1.807) is 18.6 Å². The first-order valence-electron chi connectivity index (χ1n) is 5.38. The smallest absolute Gasteiger partial charge is 0.105 e.